The highest BCUT2D eigenvalue weighted by molar-refractivity contribution is 5.87. The molecule has 0 fully saturated rings. The standard InChI is InChI=1S/C12H8FNO2/c13-10-6-9(12(15)16)7-14-11(10)8-4-2-1-3-5-8/h1-7H,(H,15,16). The van der Waals surface area contributed by atoms with E-state index in [2.05, 4.69) is 4.98 Å². The average molecular weight is 217 g/mol. The van der Waals surface area contributed by atoms with E-state index < -0.39 is 11.8 Å². The van der Waals surface area contributed by atoms with E-state index in [0.29, 0.717) is 5.56 Å². The summed E-state index contributed by atoms with van der Waals surface area (Å²) < 4.78 is 13.6. The van der Waals surface area contributed by atoms with Crippen LogP contribution in [0.1, 0.15) is 10.4 Å². The molecule has 2 rings (SSSR count). The lowest BCUT2D eigenvalue weighted by Crippen LogP contribution is -2.00. The molecular weight excluding hydrogens is 209 g/mol. The number of benzene rings is 1. The SMILES string of the molecule is O=C(O)c1cnc(-c2ccccc2)c(F)c1. The van der Waals surface area contributed by atoms with Gasteiger partial charge in [-0.2, -0.15) is 0 Å². The van der Waals surface area contributed by atoms with E-state index in [9.17, 15) is 9.18 Å². The Morgan fingerprint density at radius 3 is 2.50 bits per heavy atom. The van der Waals surface area contributed by atoms with Crippen LogP contribution in [0.2, 0.25) is 0 Å². The van der Waals surface area contributed by atoms with Crippen molar-refractivity contribution in [2.45, 2.75) is 0 Å². The maximum absolute atomic E-state index is 13.6. The van der Waals surface area contributed by atoms with Gasteiger partial charge in [0.1, 0.15) is 11.5 Å². The summed E-state index contributed by atoms with van der Waals surface area (Å²) in [4.78, 5) is 14.4. The maximum Gasteiger partial charge on any atom is 0.337 e. The third-order valence-corrected chi connectivity index (χ3v) is 2.14. The third kappa shape index (κ3) is 1.91. The van der Waals surface area contributed by atoms with Crippen molar-refractivity contribution in [3.05, 3.63) is 54.0 Å². The van der Waals surface area contributed by atoms with E-state index in [1.54, 1.807) is 24.3 Å². The molecule has 1 heterocycles. The lowest BCUT2D eigenvalue weighted by molar-refractivity contribution is 0.0696. The molecule has 0 saturated carbocycles. The third-order valence-electron chi connectivity index (χ3n) is 2.14. The maximum atomic E-state index is 13.6. The molecule has 2 aromatic rings. The van der Waals surface area contributed by atoms with Crippen LogP contribution in [0.4, 0.5) is 4.39 Å². The molecule has 0 aliphatic carbocycles. The Kier molecular flexibility index (Phi) is 2.64. The molecule has 1 N–H and O–H groups in total. The van der Waals surface area contributed by atoms with E-state index in [4.69, 9.17) is 5.11 Å². The van der Waals surface area contributed by atoms with Crippen LogP contribution in [0, 0.1) is 5.82 Å². The van der Waals surface area contributed by atoms with Crippen LogP contribution in [-0.4, -0.2) is 16.1 Å². The fourth-order valence-electron chi connectivity index (χ4n) is 1.36. The Hall–Kier alpha value is -2.23. The summed E-state index contributed by atoms with van der Waals surface area (Å²) in [5.74, 6) is -1.82. The van der Waals surface area contributed by atoms with Gasteiger partial charge >= 0.3 is 5.97 Å². The molecule has 16 heavy (non-hydrogen) atoms. The summed E-state index contributed by atoms with van der Waals surface area (Å²) in [6.45, 7) is 0. The van der Waals surface area contributed by atoms with Crippen molar-refractivity contribution in [1.82, 2.24) is 4.98 Å². The first-order valence-corrected chi connectivity index (χ1v) is 4.63. The van der Waals surface area contributed by atoms with Crippen LogP contribution in [0.3, 0.4) is 0 Å². The summed E-state index contributed by atoms with van der Waals surface area (Å²) in [5.41, 5.74) is 0.625. The van der Waals surface area contributed by atoms with Crippen molar-refractivity contribution >= 4 is 5.97 Å². The largest absolute Gasteiger partial charge is 0.478 e. The molecular formula is C12H8FNO2. The van der Waals surface area contributed by atoms with Crippen LogP contribution >= 0.6 is 0 Å². The zero-order chi connectivity index (χ0) is 11.5. The Balaban J connectivity index is 2.48. The Bertz CT molecular complexity index is 526. The highest BCUT2D eigenvalue weighted by Crippen LogP contribution is 2.20. The van der Waals surface area contributed by atoms with Crippen molar-refractivity contribution < 1.29 is 14.3 Å². The van der Waals surface area contributed by atoms with E-state index in [1.165, 1.54) is 0 Å². The molecule has 0 radical (unpaired) electrons. The van der Waals surface area contributed by atoms with Gasteiger partial charge in [-0.05, 0) is 6.07 Å². The monoisotopic (exact) mass is 217 g/mol. The van der Waals surface area contributed by atoms with Crippen molar-refractivity contribution in [3.8, 4) is 11.3 Å². The predicted octanol–water partition coefficient (Wildman–Crippen LogP) is 2.59. The van der Waals surface area contributed by atoms with Gasteiger partial charge in [0.05, 0.1) is 5.56 Å². The van der Waals surface area contributed by atoms with Gasteiger partial charge in [-0.25, -0.2) is 9.18 Å². The van der Waals surface area contributed by atoms with Crippen molar-refractivity contribution in [1.29, 1.82) is 0 Å². The van der Waals surface area contributed by atoms with Crippen LogP contribution in [0.25, 0.3) is 11.3 Å². The second-order valence-electron chi connectivity index (χ2n) is 3.23. The summed E-state index contributed by atoms with van der Waals surface area (Å²) in [7, 11) is 0. The molecule has 0 saturated heterocycles. The minimum Gasteiger partial charge on any atom is -0.478 e. The van der Waals surface area contributed by atoms with Crippen molar-refractivity contribution in [2.24, 2.45) is 0 Å². The normalized spacial score (nSPS) is 10.1. The van der Waals surface area contributed by atoms with Gasteiger partial charge in [-0.1, -0.05) is 30.3 Å². The highest BCUT2D eigenvalue weighted by Gasteiger charge is 2.10. The van der Waals surface area contributed by atoms with E-state index >= 15 is 0 Å². The number of aromatic carboxylic acids is 1. The topological polar surface area (TPSA) is 50.2 Å². The first-order valence-electron chi connectivity index (χ1n) is 4.63. The number of nitrogens with zero attached hydrogens (tertiary/aromatic N) is 1. The first kappa shape index (κ1) is 10.3. The quantitative estimate of drug-likeness (QED) is 0.841. The van der Waals surface area contributed by atoms with Crippen molar-refractivity contribution in [3.63, 3.8) is 0 Å². The van der Waals surface area contributed by atoms with Crippen LogP contribution in [0.15, 0.2) is 42.6 Å². The minimum atomic E-state index is -1.19. The van der Waals surface area contributed by atoms with Gasteiger partial charge in [0.15, 0.2) is 0 Å². The summed E-state index contributed by atoms with van der Waals surface area (Å²) in [6.07, 6.45) is 1.15. The molecule has 0 atom stereocenters. The summed E-state index contributed by atoms with van der Waals surface area (Å²) in [5, 5.41) is 8.66. The smallest absolute Gasteiger partial charge is 0.337 e. The molecule has 0 spiro atoms. The number of aromatic nitrogens is 1. The zero-order valence-electron chi connectivity index (χ0n) is 8.22. The van der Waals surface area contributed by atoms with Gasteiger partial charge < -0.3 is 5.11 Å². The Labute approximate surface area is 91.2 Å². The fraction of sp³-hybridized carbons (Fsp3) is 0. The molecule has 3 nitrogen and oxygen atoms in total. The predicted molar refractivity (Wildman–Crippen MR) is 56.6 cm³/mol. The van der Waals surface area contributed by atoms with Gasteiger partial charge in [0, 0.05) is 11.8 Å². The average Bonchev–Trinajstić information content (AvgIpc) is 2.30. The van der Waals surface area contributed by atoms with Crippen LogP contribution < -0.4 is 0 Å². The molecule has 1 aromatic heterocycles. The molecule has 0 aliphatic rings. The number of hydrogen-bond donors (Lipinski definition) is 1. The summed E-state index contributed by atoms with van der Waals surface area (Å²) in [6, 6.07) is 9.74. The molecule has 4 heteroatoms. The number of carboxylic acid groups (broad SMARTS) is 1. The second-order valence-corrected chi connectivity index (χ2v) is 3.23. The molecule has 0 unspecified atom stereocenters. The second kappa shape index (κ2) is 4.10. The number of carbonyl (C=O) groups is 1. The Morgan fingerprint density at radius 1 is 1.25 bits per heavy atom. The lowest BCUT2D eigenvalue weighted by Gasteiger charge is -2.02. The number of pyridine rings is 1. The highest BCUT2D eigenvalue weighted by atomic mass is 19.1. The van der Waals surface area contributed by atoms with E-state index in [0.717, 1.165) is 12.3 Å². The van der Waals surface area contributed by atoms with E-state index in [1.807, 2.05) is 6.07 Å². The van der Waals surface area contributed by atoms with Crippen molar-refractivity contribution in [2.75, 3.05) is 0 Å². The molecule has 80 valence electrons. The molecule has 0 amide bonds. The molecule has 0 bridgehead atoms. The number of hydrogen-bond acceptors (Lipinski definition) is 2. The van der Waals surface area contributed by atoms with E-state index in [-0.39, 0.29) is 11.3 Å². The first-order chi connectivity index (χ1) is 7.68. The van der Waals surface area contributed by atoms with Gasteiger partial charge in [-0.15, -0.1) is 0 Å². The Morgan fingerprint density at radius 2 is 1.94 bits per heavy atom. The molecule has 1 aromatic carbocycles. The zero-order valence-corrected chi connectivity index (χ0v) is 8.22. The van der Waals surface area contributed by atoms with Gasteiger partial charge in [-0.3, -0.25) is 4.98 Å². The van der Waals surface area contributed by atoms with Crippen LogP contribution in [-0.2, 0) is 0 Å². The molecule has 0 aliphatic heterocycles. The lowest BCUT2D eigenvalue weighted by atomic mass is 10.1. The van der Waals surface area contributed by atoms with Crippen LogP contribution in [0.5, 0.6) is 0 Å². The summed E-state index contributed by atoms with van der Waals surface area (Å²) >= 11 is 0. The van der Waals surface area contributed by atoms with Gasteiger partial charge in [0.25, 0.3) is 0 Å². The number of rotatable bonds is 2. The minimum absolute atomic E-state index is 0.155. The fourth-order valence-corrected chi connectivity index (χ4v) is 1.36. The van der Waals surface area contributed by atoms with Gasteiger partial charge in [0.2, 0.25) is 0 Å². The number of carboxylic acids is 1. The number of halogens is 1.